The van der Waals surface area contributed by atoms with E-state index in [9.17, 15) is 14.3 Å². The van der Waals surface area contributed by atoms with E-state index < -0.39 is 17.2 Å². The second kappa shape index (κ2) is 3.74. The number of rotatable bonds is 2. The highest BCUT2D eigenvalue weighted by Crippen LogP contribution is 2.49. The van der Waals surface area contributed by atoms with Gasteiger partial charge in [-0.3, -0.25) is 4.79 Å². The van der Waals surface area contributed by atoms with Crippen LogP contribution in [0.15, 0.2) is 18.2 Å². The van der Waals surface area contributed by atoms with E-state index in [0.717, 1.165) is 0 Å². The van der Waals surface area contributed by atoms with Crippen LogP contribution in [0, 0.1) is 11.7 Å². The fourth-order valence-corrected chi connectivity index (χ4v) is 2.69. The molecule has 0 aromatic heterocycles. The number of carbonyl (C=O) groups is 1. The molecule has 1 fully saturated rings. The molecule has 0 saturated heterocycles. The van der Waals surface area contributed by atoms with Crippen molar-refractivity contribution in [3.05, 3.63) is 34.6 Å². The summed E-state index contributed by atoms with van der Waals surface area (Å²) in [5, 5.41) is 9.24. The van der Waals surface area contributed by atoms with Crippen LogP contribution in [0.1, 0.15) is 25.3 Å². The van der Waals surface area contributed by atoms with Gasteiger partial charge in [0.25, 0.3) is 0 Å². The summed E-state index contributed by atoms with van der Waals surface area (Å²) in [6, 6.07) is 4.54. The molecule has 2 rings (SSSR count). The molecule has 0 aliphatic heterocycles. The van der Waals surface area contributed by atoms with Crippen LogP contribution in [0.4, 0.5) is 4.39 Å². The molecule has 1 aliphatic rings. The zero-order chi connectivity index (χ0) is 11.9. The van der Waals surface area contributed by atoms with Crippen LogP contribution in [-0.2, 0) is 10.2 Å². The third-order valence-electron chi connectivity index (χ3n) is 3.27. The summed E-state index contributed by atoms with van der Waals surface area (Å²) >= 11 is 5.67. The van der Waals surface area contributed by atoms with Crippen LogP contribution >= 0.6 is 11.6 Å². The number of carboxylic acids is 1. The summed E-state index contributed by atoms with van der Waals surface area (Å²) in [7, 11) is 0. The lowest BCUT2D eigenvalue weighted by Crippen LogP contribution is -2.47. The quantitative estimate of drug-likeness (QED) is 0.865. The summed E-state index contributed by atoms with van der Waals surface area (Å²) in [6.45, 7) is 1.96. The molecular formula is C12H12ClFO2. The Hall–Kier alpha value is -1.09. The van der Waals surface area contributed by atoms with Crippen LogP contribution in [0.5, 0.6) is 0 Å². The Morgan fingerprint density at radius 2 is 2.19 bits per heavy atom. The van der Waals surface area contributed by atoms with Crippen LogP contribution in [0.2, 0.25) is 5.02 Å². The number of benzene rings is 1. The van der Waals surface area contributed by atoms with E-state index in [1.807, 2.05) is 6.92 Å². The first-order valence-corrected chi connectivity index (χ1v) is 5.53. The van der Waals surface area contributed by atoms with Gasteiger partial charge in [0, 0.05) is 5.56 Å². The molecule has 1 aliphatic carbocycles. The highest BCUT2D eigenvalue weighted by Gasteiger charge is 2.51. The molecule has 1 aromatic carbocycles. The molecule has 0 unspecified atom stereocenters. The number of aliphatic carboxylic acids is 1. The largest absolute Gasteiger partial charge is 0.481 e. The first kappa shape index (κ1) is 11.4. The molecule has 2 nitrogen and oxygen atoms in total. The minimum absolute atomic E-state index is 0.0160. The minimum atomic E-state index is -1.08. The van der Waals surface area contributed by atoms with Crippen molar-refractivity contribution in [1.82, 2.24) is 0 Å². The second-order valence-electron chi connectivity index (χ2n) is 4.50. The van der Waals surface area contributed by atoms with Gasteiger partial charge in [-0.15, -0.1) is 0 Å². The molecule has 86 valence electrons. The number of carboxylic acid groups (broad SMARTS) is 1. The van der Waals surface area contributed by atoms with Gasteiger partial charge in [-0.1, -0.05) is 30.7 Å². The Morgan fingerprint density at radius 3 is 2.69 bits per heavy atom. The molecule has 0 bridgehead atoms. The maximum Gasteiger partial charge on any atom is 0.314 e. The van der Waals surface area contributed by atoms with Crippen molar-refractivity contribution in [1.29, 1.82) is 0 Å². The first-order valence-electron chi connectivity index (χ1n) is 5.15. The maximum atomic E-state index is 13.8. The lowest BCUT2D eigenvalue weighted by molar-refractivity contribution is -0.149. The van der Waals surface area contributed by atoms with Crippen molar-refractivity contribution in [2.75, 3.05) is 0 Å². The summed E-state index contributed by atoms with van der Waals surface area (Å²) < 4.78 is 13.8. The van der Waals surface area contributed by atoms with Crippen molar-refractivity contribution in [3.63, 3.8) is 0 Å². The average molecular weight is 243 g/mol. The van der Waals surface area contributed by atoms with Gasteiger partial charge in [0.05, 0.1) is 10.4 Å². The molecule has 0 heterocycles. The Morgan fingerprint density at radius 1 is 1.56 bits per heavy atom. The van der Waals surface area contributed by atoms with Crippen LogP contribution in [0.25, 0.3) is 0 Å². The van der Waals surface area contributed by atoms with Crippen molar-refractivity contribution in [2.24, 2.45) is 5.92 Å². The standard InChI is InChI=1S/C12H12ClFO2/c1-7-5-12(6-7,11(15)16)8-3-2-4-9(13)10(8)14/h2-4,7H,5-6H2,1H3,(H,15,16). The molecule has 4 heteroatoms. The van der Waals surface area contributed by atoms with Gasteiger partial charge in [-0.2, -0.15) is 0 Å². The van der Waals surface area contributed by atoms with Gasteiger partial charge >= 0.3 is 5.97 Å². The van der Waals surface area contributed by atoms with Gasteiger partial charge in [0.2, 0.25) is 0 Å². The van der Waals surface area contributed by atoms with Crippen molar-refractivity contribution in [2.45, 2.75) is 25.2 Å². The lowest BCUT2D eigenvalue weighted by atomic mass is 9.59. The minimum Gasteiger partial charge on any atom is -0.481 e. The molecule has 1 aromatic rings. The topological polar surface area (TPSA) is 37.3 Å². The monoisotopic (exact) mass is 242 g/mol. The van der Waals surface area contributed by atoms with Crippen molar-refractivity contribution >= 4 is 17.6 Å². The number of hydrogen-bond acceptors (Lipinski definition) is 1. The summed E-state index contributed by atoms with van der Waals surface area (Å²) in [4.78, 5) is 11.3. The molecular weight excluding hydrogens is 231 g/mol. The van der Waals surface area contributed by atoms with Crippen LogP contribution in [-0.4, -0.2) is 11.1 Å². The van der Waals surface area contributed by atoms with Crippen LogP contribution in [0.3, 0.4) is 0 Å². The van der Waals surface area contributed by atoms with Crippen molar-refractivity contribution in [3.8, 4) is 0 Å². The Bertz CT molecular complexity index is 439. The molecule has 0 radical (unpaired) electrons. The van der Waals surface area contributed by atoms with Gasteiger partial charge < -0.3 is 5.11 Å². The zero-order valence-corrected chi connectivity index (χ0v) is 9.59. The summed E-state index contributed by atoms with van der Waals surface area (Å²) in [6.07, 6.45) is 0.944. The normalized spacial score (nSPS) is 28.6. The Balaban J connectivity index is 2.49. The number of hydrogen-bond donors (Lipinski definition) is 1. The number of halogens is 2. The Labute approximate surface area is 98.0 Å². The zero-order valence-electron chi connectivity index (χ0n) is 8.84. The van der Waals surface area contributed by atoms with E-state index in [4.69, 9.17) is 11.6 Å². The smallest absolute Gasteiger partial charge is 0.314 e. The van der Waals surface area contributed by atoms with E-state index >= 15 is 0 Å². The SMILES string of the molecule is CC1CC(C(=O)O)(c2cccc(Cl)c2F)C1. The predicted molar refractivity (Wildman–Crippen MR) is 59.1 cm³/mol. The second-order valence-corrected chi connectivity index (χ2v) is 4.91. The van der Waals surface area contributed by atoms with E-state index in [-0.39, 0.29) is 10.6 Å². The Kier molecular flexibility index (Phi) is 2.66. The predicted octanol–water partition coefficient (Wildman–Crippen LogP) is 3.23. The molecule has 1 N–H and O–H groups in total. The van der Waals surface area contributed by atoms with E-state index in [1.54, 1.807) is 6.07 Å². The van der Waals surface area contributed by atoms with Gasteiger partial charge in [-0.25, -0.2) is 4.39 Å². The molecule has 0 atom stereocenters. The van der Waals surface area contributed by atoms with E-state index in [1.165, 1.54) is 12.1 Å². The third-order valence-corrected chi connectivity index (χ3v) is 3.56. The van der Waals surface area contributed by atoms with Crippen molar-refractivity contribution < 1.29 is 14.3 Å². The van der Waals surface area contributed by atoms with Crippen LogP contribution < -0.4 is 0 Å². The fraction of sp³-hybridized carbons (Fsp3) is 0.417. The summed E-state index contributed by atoms with van der Waals surface area (Å²) in [5.74, 6) is -1.25. The van der Waals surface area contributed by atoms with Gasteiger partial charge in [0.1, 0.15) is 5.82 Å². The van der Waals surface area contributed by atoms with E-state index in [0.29, 0.717) is 18.8 Å². The molecule has 0 amide bonds. The molecule has 16 heavy (non-hydrogen) atoms. The third kappa shape index (κ3) is 1.50. The average Bonchev–Trinajstić information content (AvgIpc) is 2.17. The fourth-order valence-electron chi connectivity index (χ4n) is 2.51. The lowest BCUT2D eigenvalue weighted by Gasteiger charge is -2.43. The first-order chi connectivity index (χ1) is 7.47. The van der Waals surface area contributed by atoms with Gasteiger partial charge in [0.15, 0.2) is 0 Å². The molecule has 1 saturated carbocycles. The van der Waals surface area contributed by atoms with E-state index in [2.05, 4.69) is 0 Å². The molecule has 0 spiro atoms. The summed E-state index contributed by atoms with van der Waals surface area (Å²) in [5.41, 5.74) is -0.861. The maximum absolute atomic E-state index is 13.8. The van der Waals surface area contributed by atoms with Gasteiger partial charge in [-0.05, 0) is 24.8 Å². The highest BCUT2D eigenvalue weighted by atomic mass is 35.5. The highest BCUT2D eigenvalue weighted by molar-refractivity contribution is 6.30.